The summed E-state index contributed by atoms with van der Waals surface area (Å²) < 4.78 is 5.04. The van der Waals surface area contributed by atoms with Crippen LogP contribution in [0.1, 0.15) is 47.9 Å². The molecule has 0 saturated heterocycles. The van der Waals surface area contributed by atoms with Gasteiger partial charge in [-0.05, 0) is 41.7 Å². The van der Waals surface area contributed by atoms with Crippen LogP contribution >= 0.6 is 0 Å². The predicted octanol–water partition coefficient (Wildman–Crippen LogP) is -2.11. The van der Waals surface area contributed by atoms with E-state index < -0.39 is 17.9 Å². The second-order valence-electron chi connectivity index (χ2n) is 10.5. The first kappa shape index (κ1) is 33.2. The molecule has 1 amide bonds. The van der Waals surface area contributed by atoms with Crippen molar-refractivity contribution in [1.82, 2.24) is 35.7 Å². The van der Waals surface area contributed by atoms with E-state index in [0.717, 1.165) is 52.9 Å². The number of amides is 1. The number of aliphatic hydroxyl groups is 1. The molecule has 0 saturated carbocycles. The molecule has 3 aromatic rings. The maximum atomic E-state index is 13.2. The zero-order valence-corrected chi connectivity index (χ0v) is 29.1. The molecule has 0 spiro atoms. The average Bonchev–Trinajstić information content (AvgIpc) is 3.69. The summed E-state index contributed by atoms with van der Waals surface area (Å²) in [6.07, 6.45) is 3.61. The van der Waals surface area contributed by atoms with E-state index in [0.29, 0.717) is 25.3 Å². The molecule has 0 fully saturated rings. The fourth-order valence-electron chi connectivity index (χ4n) is 5.96. The number of aliphatic hydroxyl groups excluding tert-OH is 1. The SMILES string of the molecule is CCCCC1NC2=C(CN3C(=O)C(C(=O)OCC)=C(O)C3C2)N1Cc1ccc(-c2ccccc2-c2nn[nH]n2)cc1.[H-].[H-].[Na+].[Na+]. The fourth-order valence-corrected chi connectivity index (χ4v) is 5.96. The Hall–Kier alpha value is -2.67. The van der Waals surface area contributed by atoms with E-state index >= 15 is 0 Å². The monoisotopic (exact) mass is 603 g/mol. The molecule has 216 valence electrons. The number of aromatic amines is 1. The Balaban J connectivity index is 0.00000176. The van der Waals surface area contributed by atoms with Crippen molar-refractivity contribution in [3.8, 4) is 22.5 Å². The standard InChI is InChI=1S/C30H33N7O4.2Na.2H/c1-3-5-10-25-31-22-15-23-27(38)26(30(40)41-4-2)29(39)37(23)17-24(22)36(25)16-18-11-13-19(14-12-18)20-8-6-7-9-21(20)28-32-34-35-33-28;;;;/h6-9,11-14,23,25,31,38H,3-5,10,15-17H2,1-2H3,(H,32,33,34,35);;;;/q;2*+1;2*-1. The van der Waals surface area contributed by atoms with Crippen molar-refractivity contribution < 1.29 is 81.4 Å². The van der Waals surface area contributed by atoms with E-state index in [1.807, 2.05) is 24.3 Å². The second-order valence-corrected chi connectivity index (χ2v) is 10.5. The van der Waals surface area contributed by atoms with Crippen LogP contribution in [0.2, 0.25) is 0 Å². The third kappa shape index (κ3) is 6.43. The molecule has 0 radical (unpaired) electrons. The maximum absolute atomic E-state index is 13.2. The molecule has 3 aliphatic heterocycles. The van der Waals surface area contributed by atoms with Crippen molar-refractivity contribution in [3.05, 3.63) is 76.8 Å². The van der Waals surface area contributed by atoms with Gasteiger partial charge in [-0.1, -0.05) is 61.9 Å². The van der Waals surface area contributed by atoms with Gasteiger partial charge in [0.05, 0.1) is 31.1 Å². The Bertz CT molecular complexity index is 1540. The first-order chi connectivity index (χ1) is 20.0. The van der Waals surface area contributed by atoms with E-state index in [-0.39, 0.29) is 86.1 Å². The van der Waals surface area contributed by atoms with Crippen LogP contribution in [0.15, 0.2) is 71.3 Å². The summed E-state index contributed by atoms with van der Waals surface area (Å²) in [6.45, 7) is 4.96. The third-order valence-electron chi connectivity index (χ3n) is 7.99. The normalized spacial score (nSPS) is 19.0. The summed E-state index contributed by atoms with van der Waals surface area (Å²) in [6, 6.07) is 15.9. The van der Waals surface area contributed by atoms with Gasteiger partial charge in [0.25, 0.3) is 5.91 Å². The summed E-state index contributed by atoms with van der Waals surface area (Å²) in [5.41, 5.74) is 5.90. The second kappa shape index (κ2) is 14.4. The number of fused-ring (bicyclic) bond motifs is 1. The minimum absolute atomic E-state index is 0. The number of unbranched alkanes of at least 4 members (excludes halogenated alkanes) is 1. The molecule has 13 heteroatoms. The first-order valence-corrected chi connectivity index (χ1v) is 14.1. The van der Waals surface area contributed by atoms with Gasteiger partial charge >= 0.3 is 65.1 Å². The van der Waals surface area contributed by atoms with Gasteiger partial charge in [-0.15, -0.1) is 10.2 Å². The Morgan fingerprint density at radius 2 is 1.86 bits per heavy atom. The van der Waals surface area contributed by atoms with Crippen LogP contribution in [0, 0.1) is 0 Å². The van der Waals surface area contributed by atoms with Gasteiger partial charge in [-0.2, -0.15) is 5.21 Å². The van der Waals surface area contributed by atoms with Crippen molar-refractivity contribution in [2.75, 3.05) is 13.2 Å². The van der Waals surface area contributed by atoms with Gasteiger partial charge in [0.2, 0.25) is 5.82 Å². The molecule has 11 nitrogen and oxygen atoms in total. The molecule has 2 atom stereocenters. The van der Waals surface area contributed by atoms with Crippen LogP contribution in [0.3, 0.4) is 0 Å². The van der Waals surface area contributed by atoms with Crippen molar-refractivity contribution in [2.24, 2.45) is 0 Å². The Morgan fingerprint density at radius 1 is 1.12 bits per heavy atom. The van der Waals surface area contributed by atoms with Crippen LogP contribution in [-0.4, -0.2) is 72.8 Å². The van der Waals surface area contributed by atoms with Gasteiger partial charge in [0.15, 0.2) is 5.57 Å². The van der Waals surface area contributed by atoms with Crippen LogP contribution in [0.5, 0.6) is 0 Å². The number of H-pyrrole nitrogens is 1. The summed E-state index contributed by atoms with van der Waals surface area (Å²) in [5, 5.41) is 29.0. The number of rotatable bonds is 9. The quantitative estimate of drug-likeness (QED) is 0.143. The van der Waals surface area contributed by atoms with E-state index in [4.69, 9.17) is 4.74 Å². The number of nitrogens with one attached hydrogen (secondary N) is 2. The van der Waals surface area contributed by atoms with Gasteiger partial charge < -0.3 is 27.8 Å². The number of carbonyl (C=O) groups excluding carboxylic acids is 2. The van der Waals surface area contributed by atoms with E-state index in [2.05, 4.69) is 62.0 Å². The number of nitrogens with zero attached hydrogens (tertiary/aromatic N) is 5. The maximum Gasteiger partial charge on any atom is 1.00 e. The van der Waals surface area contributed by atoms with Crippen molar-refractivity contribution >= 4 is 11.9 Å². The topological polar surface area (TPSA) is 137 Å². The van der Waals surface area contributed by atoms with Crippen LogP contribution in [-0.2, 0) is 20.9 Å². The van der Waals surface area contributed by atoms with E-state index in [1.165, 1.54) is 0 Å². The van der Waals surface area contributed by atoms with E-state index in [9.17, 15) is 14.7 Å². The van der Waals surface area contributed by atoms with Gasteiger partial charge in [0.1, 0.15) is 5.76 Å². The molecule has 1 aromatic heterocycles. The van der Waals surface area contributed by atoms with E-state index in [1.54, 1.807) is 11.8 Å². The Morgan fingerprint density at radius 3 is 2.53 bits per heavy atom. The number of carbonyl (C=O) groups is 2. The molecule has 2 unspecified atom stereocenters. The molecule has 6 rings (SSSR count). The molecule has 2 aromatic carbocycles. The molecule has 3 aliphatic rings. The average molecular weight is 604 g/mol. The molecule has 3 N–H and O–H groups in total. The van der Waals surface area contributed by atoms with Gasteiger partial charge in [0, 0.05) is 24.2 Å². The third-order valence-corrected chi connectivity index (χ3v) is 7.99. The van der Waals surface area contributed by atoms with Gasteiger partial charge in [-0.3, -0.25) is 4.79 Å². The molecular formula is C30H35N7Na2O4. The molecule has 4 heterocycles. The van der Waals surface area contributed by atoms with Crippen LogP contribution in [0.4, 0.5) is 0 Å². The van der Waals surface area contributed by atoms with Crippen molar-refractivity contribution in [2.45, 2.75) is 58.3 Å². The number of hydrogen-bond donors (Lipinski definition) is 3. The number of esters is 1. The predicted molar refractivity (Wildman–Crippen MR) is 153 cm³/mol. The van der Waals surface area contributed by atoms with Crippen molar-refractivity contribution in [3.63, 3.8) is 0 Å². The zero-order valence-electron chi connectivity index (χ0n) is 27.1. The number of benzene rings is 2. The molecule has 43 heavy (non-hydrogen) atoms. The fraction of sp³-hybridized carbons (Fsp3) is 0.367. The summed E-state index contributed by atoms with van der Waals surface area (Å²) in [7, 11) is 0. The van der Waals surface area contributed by atoms with Crippen LogP contribution in [0.25, 0.3) is 22.5 Å². The number of ether oxygens (including phenoxy) is 1. The summed E-state index contributed by atoms with van der Waals surface area (Å²) >= 11 is 0. The smallest absolute Gasteiger partial charge is 1.00 e. The van der Waals surface area contributed by atoms with Gasteiger partial charge in [-0.25, -0.2) is 4.79 Å². The molecule has 0 aliphatic carbocycles. The number of hydrogen-bond acceptors (Lipinski definition) is 9. The molecular weight excluding hydrogens is 568 g/mol. The largest absolute Gasteiger partial charge is 1.00 e. The Labute approximate surface area is 297 Å². The van der Waals surface area contributed by atoms with Crippen LogP contribution < -0.4 is 64.4 Å². The number of aromatic nitrogens is 4. The summed E-state index contributed by atoms with van der Waals surface area (Å²) in [4.78, 5) is 29.5. The van der Waals surface area contributed by atoms with Crippen molar-refractivity contribution in [1.29, 1.82) is 0 Å². The Kier molecular flexibility index (Phi) is 11.1. The minimum atomic E-state index is -0.767. The summed E-state index contributed by atoms with van der Waals surface area (Å²) in [5.74, 6) is -0.887. The minimum Gasteiger partial charge on any atom is -1.00 e. The zero-order chi connectivity index (χ0) is 28.5. The first-order valence-electron chi connectivity index (χ1n) is 14.1. The molecule has 0 bridgehead atoms. The number of tetrazole rings is 1.